The van der Waals surface area contributed by atoms with Gasteiger partial charge in [0.05, 0.1) is 11.4 Å². The third-order valence-electron chi connectivity index (χ3n) is 2.73. The highest BCUT2D eigenvalue weighted by Crippen LogP contribution is 2.23. The quantitative estimate of drug-likeness (QED) is 0.780. The van der Waals surface area contributed by atoms with Crippen molar-refractivity contribution in [3.05, 3.63) is 40.4 Å². The maximum Gasteiger partial charge on any atom is 0.242 e. The number of benzene rings is 1. The fraction of sp³-hybridized carbons (Fsp3) is 0.333. The molecule has 0 amide bonds. The Labute approximate surface area is 132 Å². The summed E-state index contributed by atoms with van der Waals surface area (Å²) in [7, 11) is -0.0605. The van der Waals surface area contributed by atoms with E-state index in [9.17, 15) is 8.42 Å². The molecule has 0 saturated carbocycles. The first-order valence-corrected chi connectivity index (χ1v) is 8.47. The molecule has 0 aliphatic heterocycles. The van der Waals surface area contributed by atoms with E-state index in [1.807, 2.05) is 7.05 Å². The first-order valence-electron chi connectivity index (χ1n) is 6.19. The molecule has 0 atom stereocenters. The van der Waals surface area contributed by atoms with Crippen LogP contribution in [0.2, 0.25) is 0 Å². The molecule has 7 nitrogen and oxygen atoms in total. The minimum atomic E-state index is -3.62. The van der Waals surface area contributed by atoms with Gasteiger partial charge in [0.15, 0.2) is 5.82 Å². The molecular formula is C12H16BrN5O2S. The molecule has 0 aliphatic rings. The van der Waals surface area contributed by atoms with E-state index in [1.54, 1.807) is 25.2 Å². The number of aromatic nitrogens is 3. The second kappa shape index (κ2) is 6.65. The molecular weight excluding hydrogens is 358 g/mol. The third-order valence-corrected chi connectivity index (χ3v) is 5.11. The summed E-state index contributed by atoms with van der Waals surface area (Å²) in [5, 5.41) is 7.04. The van der Waals surface area contributed by atoms with Gasteiger partial charge in [-0.1, -0.05) is 6.07 Å². The molecule has 0 bridgehead atoms. The van der Waals surface area contributed by atoms with Crippen LogP contribution in [0.5, 0.6) is 0 Å². The van der Waals surface area contributed by atoms with Gasteiger partial charge in [0.25, 0.3) is 0 Å². The lowest BCUT2D eigenvalue weighted by atomic mass is 10.2. The van der Waals surface area contributed by atoms with Gasteiger partial charge in [0.2, 0.25) is 10.0 Å². The maximum absolute atomic E-state index is 12.3. The highest BCUT2D eigenvalue weighted by atomic mass is 79.9. The van der Waals surface area contributed by atoms with E-state index in [2.05, 4.69) is 36.1 Å². The van der Waals surface area contributed by atoms with Crippen LogP contribution < -0.4 is 10.0 Å². The number of hydrogen-bond acceptors (Lipinski definition) is 5. The van der Waals surface area contributed by atoms with Gasteiger partial charge in [0.1, 0.15) is 6.33 Å². The fourth-order valence-corrected chi connectivity index (χ4v) is 3.88. The summed E-state index contributed by atoms with van der Waals surface area (Å²) in [5.74, 6) is 0.420. The Morgan fingerprint density at radius 1 is 1.33 bits per heavy atom. The Morgan fingerprint density at radius 3 is 2.67 bits per heavy atom. The molecule has 0 aliphatic carbocycles. The van der Waals surface area contributed by atoms with Gasteiger partial charge in [-0.3, -0.25) is 4.68 Å². The predicted molar refractivity (Wildman–Crippen MR) is 81.9 cm³/mol. The molecule has 21 heavy (non-hydrogen) atoms. The lowest BCUT2D eigenvalue weighted by Crippen LogP contribution is -2.24. The number of sulfonamides is 1. The van der Waals surface area contributed by atoms with Gasteiger partial charge in [0, 0.05) is 18.1 Å². The van der Waals surface area contributed by atoms with Gasteiger partial charge in [-0.15, -0.1) is 0 Å². The van der Waals surface area contributed by atoms with Crippen LogP contribution in [0, 0.1) is 0 Å². The van der Waals surface area contributed by atoms with Crippen molar-refractivity contribution >= 4 is 26.0 Å². The summed E-state index contributed by atoms with van der Waals surface area (Å²) in [5.41, 5.74) is 0.995. The van der Waals surface area contributed by atoms with Crippen LogP contribution in [0.1, 0.15) is 11.4 Å². The molecule has 2 rings (SSSR count). The van der Waals surface area contributed by atoms with Crippen LogP contribution in [-0.2, 0) is 30.2 Å². The number of halogens is 1. The number of nitrogens with one attached hydrogen (secondary N) is 2. The summed E-state index contributed by atoms with van der Waals surface area (Å²) < 4.78 is 29.1. The predicted octanol–water partition coefficient (Wildman–Crippen LogP) is 0.775. The minimum Gasteiger partial charge on any atom is -0.316 e. The standard InChI is InChI=1S/C12H16BrN5O2S/c1-14-6-9-3-4-11(10(13)5-9)21(19,20)16-7-12-15-8-18(2)17-12/h3-5,8,14,16H,6-7H2,1-2H3. The summed E-state index contributed by atoms with van der Waals surface area (Å²) in [6.45, 7) is 0.720. The van der Waals surface area contributed by atoms with E-state index in [-0.39, 0.29) is 11.4 Å². The summed E-state index contributed by atoms with van der Waals surface area (Å²) in [6.07, 6.45) is 1.52. The van der Waals surface area contributed by atoms with Crippen molar-refractivity contribution in [2.45, 2.75) is 18.0 Å². The molecule has 0 fully saturated rings. The smallest absolute Gasteiger partial charge is 0.242 e. The SMILES string of the molecule is CNCc1ccc(S(=O)(=O)NCc2ncn(C)n2)c(Br)c1. The van der Waals surface area contributed by atoms with Crippen LogP contribution >= 0.6 is 15.9 Å². The Kier molecular flexibility index (Phi) is 5.09. The molecule has 0 radical (unpaired) electrons. The van der Waals surface area contributed by atoms with Crippen LogP contribution in [0.25, 0.3) is 0 Å². The average molecular weight is 374 g/mol. The van der Waals surface area contributed by atoms with Crippen molar-refractivity contribution in [3.8, 4) is 0 Å². The molecule has 1 aromatic heterocycles. The number of nitrogens with zero attached hydrogens (tertiary/aromatic N) is 3. The second-order valence-corrected chi connectivity index (χ2v) is 7.04. The molecule has 2 aromatic rings. The van der Waals surface area contributed by atoms with E-state index >= 15 is 0 Å². The van der Waals surface area contributed by atoms with Gasteiger partial charge < -0.3 is 5.32 Å². The number of aryl methyl sites for hydroxylation is 1. The van der Waals surface area contributed by atoms with Crippen molar-refractivity contribution in [1.82, 2.24) is 24.8 Å². The molecule has 2 N–H and O–H groups in total. The Hall–Kier alpha value is -1.29. The minimum absolute atomic E-state index is 0.0495. The third kappa shape index (κ3) is 4.10. The van der Waals surface area contributed by atoms with Gasteiger partial charge in [-0.25, -0.2) is 18.1 Å². The number of hydrogen-bond donors (Lipinski definition) is 2. The molecule has 9 heteroatoms. The van der Waals surface area contributed by atoms with Crippen molar-refractivity contribution in [1.29, 1.82) is 0 Å². The zero-order valence-corrected chi connectivity index (χ0v) is 14.1. The highest BCUT2D eigenvalue weighted by molar-refractivity contribution is 9.10. The van der Waals surface area contributed by atoms with Gasteiger partial charge in [-0.2, -0.15) is 5.10 Å². The largest absolute Gasteiger partial charge is 0.316 e. The second-order valence-electron chi connectivity index (χ2n) is 4.45. The van der Waals surface area contributed by atoms with Crippen molar-refractivity contribution in [2.24, 2.45) is 7.05 Å². The molecule has 1 aromatic carbocycles. The monoisotopic (exact) mass is 373 g/mol. The van der Waals surface area contributed by atoms with E-state index in [1.165, 1.54) is 11.0 Å². The Bertz CT molecular complexity index is 729. The summed E-state index contributed by atoms with van der Waals surface area (Å²) in [6, 6.07) is 5.13. The first kappa shape index (κ1) is 16.1. The average Bonchev–Trinajstić information content (AvgIpc) is 2.83. The zero-order chi connectivity index (χ0) is 15.5. The highest BCUT2D eigenvalue weighted by Gasteiger charge is 2.18. The van der Waals surface area contributed by atoms with Crippen LogP contribution in [0.4, 0.5) is 0 Å². The normalized spacial score (nSPS) is 11.8. The number of rotatable bonds is 6. The fourth-order valence-electron chi connectivity index (χ4n) is 1.78. The summed E-state index contributed by atoms with van der Waals surface area (Å²) >= 11 is 3.30. The maximum atomic E-state index is 12.3. The van der Waals surface area contributed by atoms with Gasteiger partial charge in [-0.05, 0) is 40.7 Å². The van der Waals surface area contributed by atoms with Crippen LogP contribution in [-0.4, -0.2) is 30.2 Å². The van der Waals surface area contributed by atoms with E-state index in [0.29, 0.717) is 16.8 Å². The lowest BCUT2D eigenvalue weighted by Gasteiger charge is -2.09. The van der Waals surface area contributed by atoms with Crippen LogP contribution in [0.3, 0.4) is 0 Å². The topological polar surface area (TPSA) is 88.9 Å². The van der Waals surface area contributed by atoms with Crippen molar-refractivity contribution in [3.63, 3.8) is 0 Å². The molecule has 1 heterocycles. The first-order chi connectivity index (χ1) is 9.92. The molecule has 0 saturated heterocycles. The molecule has 0 unspecified atom stereocenters. The van der Waals surface area contributed by atoms with Crippen molar-refractivity contribution in [2.75, 3.05) is 7.05 Å². The summed E-state index contributed by atoms with van der Waals surface area (Å²) in [4.78, 5) is 4.17. The van der Waals surface area contributed by atoms with Crippen molar-refractivity contribution < 1.29 is 8.42 Å². The lowest BCUT2D eigenvalue weighted by molar-refractivity contribution is 0.578. The van der Waals surface area contributed by atoms with E-state index < -0.39 is 10.0 Å². The Balaban J connectivity index is 2.15. The zero-order valence-electron chi connectivity index (χ0n) is 11.7. The van der Waals surface area contributed by atoms with Gasteiger partial charge >= 0.3 is 0 Å². The van der Waals surface area contributed by atoms with Crippen LogP contribution in [0.15, 0.2) is 33.9 Å². The van der Waals surface area contributed by atoms with E-state index in [4.69, 9.17) is 0 Å². The molecule has 0 spiro atoms. The Morgan fingerprint density at radius 2 is 2.10 bits per heavy atom. The van der Waals surface area contributed by atoms with E-state index in [0.717, 1.165) is 5.56 Å². The molecule has 114 valence electrons.